The predicted molar refractivity (Wildman–Crippen MR) is 38.1 cm³/mol. The van der Waals surface area contributed by atoms with Gasteiger partial charge in [0.15, 0.2) is 0 Å². The standard InChI is InChI=1S/C8H13N/c1-2-6-9-7-3-5-8(9)4-1/h4H,1-3,5-7H2. The fourth-order valence-corrected chi connectivity index (χ4v) is 1.79. The molecule has 0 atom stereocenters. The third kappa shape index (κ3) is 0.846. The van der Waals surface area contributed by atoms with Crippen LogP contribution in [0.1, 0.15) is 25.7 Å². The summed E-state index contributed by atoms with van der Waals surface area (Å²) in [5, 5.41) is 0. The molecule has 1 nitrogen and oxygen atoms in total. The first-order chi connectivity index (χ1) is 4.47. The highest BCUT2D eigenvalue weighted by atomic mass is 15.2. The summed E-state index contributed by atoms with van der Waals surface area (Å²) >= 11 is 0. The lowest BCUT2D eigenvalue weighted by Gasteiger charge is -2.23. The summed E-state index contributed by atoms with van der Waals surface area (Å²) in [6.45, 7) is 2.65. The molecule has 1 fully saturated rings. The van der Waals surface area contributed by atoms with Gasteiger partial charge in [0.1, 0.15) is 0 Å². The average Bonchev–Trinajstić information content (AvgIpc) is 2.33. The van der Waals surface area contributed by atoms with Crippen LogP contribution < -0.4 is 0 Å². The van der Waals surface area contributed by atoms with E-state index in [1.165, 1.54) is 38.8 Å². The fraction of sp³-hybridized carbons (Fsp3) is 0.750. The van der Waals surface area contributed by atoms with E-state index in [4.69, 9.17) is 0 Å². The fourth-order valence-electron chi connectivity index (χ4n) is 1.79. The third-order valence-electron chi connectivity index (χ3n) is 2.28. The number of nitrogens with zero attached hydrogens (tertiary/aromatic N) is 1. The van der Waals surface area contributed by atoms with Gasteiger partial charge in [-0.25, -0.2) is 0 Å². The van der Waals surface area contributed by atoms with Gasteiger partial charge in [0.05, 0.1) is 0 Å². The molecule has 2 aliphatic heterocycles. The second-order valence-electron chi connectivity index (χ2n) is 2.93. The van der Waals surface area contributed by atoms with Crippen LogP contribution >= 0.6 is 0 Å². The summed E-state index contributed by atoms with van der Waals surface area (Å²) in [6, 6.07) is 0. The minimum atomic E-state index is 1.33. The van der Waals surface area contributed by atoms with Gasteiger partial charge in [0.2, 0.25) is 0 Å². The Labute approximate surface area is 56.4 Å². The predicted octanol–water partition coefficient (Wildman–Crippen LogP) is 1.76. The maximum Gasteiger partial charge on any atom is 0.0178 e. The molecule has 0 aromatic heterocycles. The van der Waals surface area contributed by atoms with Crippen LogP contribution in [0.15, 0.2) is 11.8 Å². The van der Waals surface area contributed by atoms with Crippen LogP contribution in [-0.4, -0.2) is 18.0 Å². The zero-order valence-corrected chi connectivity index (χ0v) is 5.77. The Kier molecular flexibility index (Phi) is 1.22. The molecule has 0 spiro atoms. The molecule has 0 amide bonds. The van der Waals surface area contributed by atoms with Crippen molar-refractivity contribution < 1.29 is 0 Å². The van der Waals surface area contributed by atoms with E-state index in [9.17, 15) is 0 Å². The largest absolute Gasteiger partial charge is 0.375 e. The van der Waals surface area contributed by atoms with E-state index in [1.807, 2.05) is 0 Å². The van der Waals surface area contributed by atoms with Gasteiger partial charge in [-0.2, -0.15) is 0 Å². The average molecular weight is 123 g/mol. The molecule has 1 heteroatoms. The van der Waals surface area contributed by atoms with E-state index in [0.717, 1.165) is 0 Å². The van der Waals surface area contributed by atoms with E-state index in [-0.39, 0.29) is 0 Å². The Morgan fingerprint density at radius 3 is 3.00 bits per heavy atom. The molecular weight excluding hydrogens is 110 g/mol. The monoisotopic (exact) mass is 123 g/mol. The van der Waals surface area contributed by atoms with Crippen LogP contribution in [0.3, 0.4) is 0 Å². The molecule has 0 aromatic rings. The summed E-state index contributed by atoms with van der Waals surface area (Å²) < 4.78 is 0. The quantitative estimate of drug-likeness (QED) is 0.474. The number of allylic oxidation sites excluding steroid dienone is 2. The van der Waals surface area contributed by atoms with Gasteiger partial charge in [-0.05, 0) is 25.7 Å². The Hall–Kier alpha value is -0.460. The van der Waals surface area contributed by atoms with Gasteiger partial charge in [0.25, 0.3) is 0 Å². The lowest BCUT2D eigenvalue weighted by molar-refractivity contribution is 0.368. The molecule has 0 bridgehead atoms. The molecule has 2 aliphatic rings. The first kappa shape index (κ1) is 5.33. The maximum absolute atomic E-state index is 2.53. The number of fused-ring (bicyclic) bond motifs is 1. The minimum Gasteiger partial charge on any atom is -0.375 e. The Morgan fingerprint density at radius 1 is 1.22 bits per heavy atom. The molecule has 0 radical (unpaired) electrons. The number of rotatable bonds is 0. The van der Waals surface area contributed by atoms with Gasteiger partial charge < -0.3 is 4.90 Å². The highest BCUT2D eigenvalue weighted by Crippen LogP contribution is 2.25. The first-order valence-electron chi connectivity index (χ1n) is 3.91. The molecule has 0 unspecified atom stereocenters. The van der Waals surface area contributed by atoms with Crippen LogP contribution in [0, 0.1) is 0 Å². The van der Waals surface area contributed by atoms with Crippen LogP contribution in [0.4, 0.5) is 0 Å². The lowest BCUT2D eigenvalue weighted by atomic mass is 10.2. The van der Waals surface area contributed by atoms with Crippen molar-refractivity contribution in [2.75, 3.05) is 13.1 Å². The van der Waals surface area contributed by atoms with E-state index in [1.54, 1.807) is 5.70 Å². The van der Waals surface area contributed by atoms with E-state index in [0.29, 0.717) is 0 Å². The summed E-state index contributed by atoms with van der Waals surface area (Å²) in [4.78, 5) is 2.53. The van der Waals surface area contributed by atoms with Gasteiger partial charge >= 0.3 is 0 Å². The normalized spacial score (nSPS) is 25.8. The molecule has 0 N–H and O–H groups in total. The topological polar surface area (TPSA) is 3.24 Å². The van der Waals surface area contributed by atoms with Crippen molar-refractivity contribution in [2.24, 2.45) is 0 Å². The van der Waals surface area contributed by atoms with Crippen molar-refractivity contribution in [1.29, 1.82) is 0 Å². The van der Waals surface area contributed by atoms with Crippen molar-refractivity contribution in [1.82, 2.24) is 4.90 Å². The molecular formula is C8H13N. The highest BCUT2D eigenvalue weighted by Gasteiger charge is 2.17. The van der Waals surface area contributed by atoms with E-state index >= 15 is 0 Å². The zero-order valence-electron chi connectivity index (χ0n) is 5.77. The van der Waals surface area contributed by atoms with Gasteiger partial charge in [-0.1, -0.05) is 6.08 Å². The summed E-state index contributed by atoms with van der Waals surface area (Å²) in [5.74, 6) is 0. The van der Waals surface area contributed by atoms with Crippen molar-refractivity contribution in [3.63, 3.8) is 0 Å². The molecule has 2 rings (SSSR count). The minimum absolute atomic E-state index is 1.33. The summed E-state index contributed by atoms with van der Waals surface area (Å²) in [6.07, 6.45) is 7.86. The van der Waals surface area contributed by atoms with E-state index < -0.39 is 0 Å². The molecule has 9 heavy (non-hydrogen) atoms. The third-order valence-corrected chi connectivity index (χ3v) is 2.28. The van der Waals surface area contributed by atoms with Crippen LogP contribution in [0.2, 0.25) is 0 Å². The summed E-state index contributed by atoms with van der Waals surface area (Å²) in [5.41, 5.74) is 1.63. The van der Waals surface area contributed by atoms with E-state index in [2.05, 4.69) is 11.0 Å². The number of hydrogen-bond acceptors (Lipinski definition) is 1. The Bertz CT molecular complexity index is 138. The smallest absolute Gasteiger partial charge is 0.0178 e. The van der Waals surface area contributed by atoms with Gasteiger partial charge in [0, 0.05) is 18.8 Å². The van der Waals surface area contributed by atoms with Gasteiger partial charge in [-0.3, -0.25) is 0 Å². The van der Waals surface area contributed by atoms with Crippen LogP contribution in [-0.2, 0) is 0 Å². The maximum atomic E-state index is 2.53. The summed E-state index contributed by atoms with van der Waals surface area (Å²) in [7, 11) is 0. The zero-order chi connectivity index (χ0) is 6.10. The second-order valence-corrected chi connectivity index (χ2v) is 2.93. The Morgan fingerprint density at radius 2 is 2.11 bits per heavy atom. The van der Waals surface area contributed by atoms with Crippen molar-refractivity contribution in [3.05, 3.63) is 11.8 Å². The molecule has 1 saturated heterocycles. The molecule has 0 aromatic carbocycles. The Balaban J connectivity index is 2.16. The highest BCUT2D eigenvalue weighted by molar-refractivity contribution is 5.08. The first-order valence-corrected chi connectivity index (χ1v) is 3.91. The SMILES string of the molecule is C1=C2CCCN2CCC1. The van der Waals surface area contributed by atoms with Gasteiger partial charge in [-0.15, -0.1) is 0 Å². The molecule has 0 saturated carbocycles. The second kappa shape index (κ2) is 2.05. The molecule has 50 valence electrons. The van der Waals surface area contributed by atoms with Crippen molar-refractivity contribution >= 4 is 0 Å². The molecule has 0 aliphatic carbocycles. The van der Waals surface area contributed by atoms with Crippen LogP contribution in [0.25, 0.3) is 0 Å². The number of hydrogen-bond donors (Lipinski definition) is 0. The van der Waals surface area contributed by atoms with Crippen LogP contribution in [0.5, 0.6) is 0 Å². The van der Waals surface area contributed by atoms with Crippen molar-refractivity contribution in [2.45, 2.75) is 25.7 Å². The molecule has 2 heterocycles. The van der Waals surface area contributed by atoms with Crippen molar-refractivity contribution in [3.8, 4) is 0 Å². The lowest BCUT2D eigenvalue weighted by Crippen LogP contribution is -2.21.